The van der Waals surface area contributed by atoms with E-state index in [0.29, 0.717) is 27.8 Å². The Balaban J connectivity index is 1.82. The molecule has 0 amide bonds. The Morgan fingerprint density at radius 3 is 2.81 bits per heavy atom. The van der Waals surface area contributed by atoms with E-state index >= 15 is 0 Å². The van der Waals surface area contributed by atoms with Crippen LogP contribution in [0.2, 0.25) is 5.02 Å². The van der Waals surface area contributed by atoms with E-state index in [4.69, 9.17) is 11.6 Å². The van der Waals surface area contributed by atoms with Crippen molar-refractivity contribution in [2.75, 3.05) is 17.7 Å². The Morgan fingerprint density at radius 2 is 2.04 bits per heavy atom. The van der Waals surface area contributed by atoms with Gasteiger partial charge in [0, 0.05) is 5.69 Å². The number of esters is 1. The van der Waals surface area contributed by atoms with Crippen molar-refractivity contribution < 1.29 is 13.9 Å². The van der Waals surface area contributed by atoms with E-state index in [0.717, 1.165) is 0 Å². The van der Waals surface area contributed by atoms with Gasteiger partial charge in [-0.2, -0.15) is 10.1 Å². The number of carbonyl (C=O) groups is 1. The first-order valence-electron chi connectivity index (χ1n) is 7.42. The fourth-order valence-electron chi connectivity index (χ4n) is 2.12. The first-order valence-corrected chi connectivity index (χ1v) is 7.80. The van der Waals surface area contributed by atoms with E-state index < -0.39 is 5.97 Å². The molecule has 1 heterocycles. The van der Waals surface area contributed by atoms with Crippen LogP contribution in [0.1, 0.15) is 10.4 Å². The Morgan fingerprint density at radius 1 is 1.19 bits per heavy atom. The molecule has 0 saturated carbocycles. The van der Waals surface area contributed by atoms with Crippen LogP contribution >= 0.6 is 11.6 Å². The van der Waals surface area contributed by atoms with Gasteiger partial charge in [0.25, 0.3) is 0 Å². The molecule has 0 unspecified atom stereocenters. The van der Waals surface area contributed by atoms with Crippen molar-refractivity contribution in [3.8, 4) is 0 Å². The van der Waals surface area contributed by atoms with Crippen molar-refractivity contribution in [2.24, 2.45) is 0 Å². The van der Waals surface area contributed by atoms with Crippen molar-refractivity contribution in [3.63, 3.8) is 0 Å². The molecule has 3 aromatic rings. The number of nitrogens with zero attached hydrogens (tertiary/aromatic N) is 3. The third-order valence-electron chi connectivity index (χ3n) is 3.29. The predicted octanol–water partition coefficient (Wildman–Crippen LogP) is 3.94. The maximum Gasteiger partial charge on any atom is 0.337 e. The maximum absolute atomic E-state index is 13.3. The summed E-state index contributed by atoms with van der Waals surface area (Å²) in [6.45, 7) is 0. The van der Waals surface area contributed by atoms with Gasteiger partial charge >= 0.3 is 5.97 Å². The average molecular weight is 374 g/mol. The minimum atomic E-state index is -0.487. The first kappa shape index (κ1) is 17.6. The number of benzene rings is 2. The van der Waals surface area contributed by atoms with E-state index in [1.807, 2.05) is 0 Å². The van der Waals surface area contributed by atoms with Crippen LogP contribution in [0, 0.1) is 5.82 Å². The van der Waals surface area contributed by atoms with Crippen molar-refractivity contribution in [1.82, 2.24) is 15.2 Å². The molecule has 0 aliphatic heterocycles. The summed E-state index contributed by atoms with van der Waals surface area (Å²) in [5, 5.41) is 13.9. The fraction of sp³-hybridized carbons (Fsp3) is 0.0588. The van der Waals surface area contributed by atoms with Gasteiger partial charge in [0.1, 0.15) is 5.82 Å². The molecule has 0 radical (unpaired) electrons. The molecule has 0 spiro atoms. The lowest BCUT2D eigenvalue weighted by Gasteiger charge is -2.10. The zero-order valence-corrected chi connectivity index (χ0v) is 14.3. The molecule has 0 fully saturated rings. The molecule has 7 nitrogen and oxygen atoms in total. The van der Waals surface area contributed by atoms with Gasteiger partial charge in [-0.3, -0.25) is 0 Å². The molecular formula is C17H13ClFN5O2. The van der Waals surface area contributed by atoms with E-state index in [1.165, 1.54) is 31.5 Å². The number of anilines is 4. The van der Waals surface area contributed by atoms with Crippen molar-refractivity contribution >= 4 is 40.7 Å². The molecular weight excluding hydrogens is 361 g/mol. The molecule has 132 valence electrons. The van der Waals surface area contributed by atoms with Crippen LogP contribution < -0.4 is 10.6 Å². The fourth-order valence-corrected chi connectivity index (χ4v) is 2.28. The number of halogens is 2. The minimum absolute atomic E-state index is 0.167. The van der Waals surface area contributed by atoms with Crippen LogP contribution in [-0.2, 0) is 4.74 Å². The Bertz CT molecular complexity index is 954. The lowest BCUT2D eigenvalue weighted by Crippen LogP contribution is -2.04. The monoisotopic (exact) mass is 373 g/mol. The number of hydrogen-bond acceptors (Lipinski definition) is 7. The smallest absolute Gasteiger partial charge is 0.337 e. The number of methoxy groups -OCH3 is 1. The van der Waals surface area contributed by atoms with Crippen LogP contribution in [0.15, 0.2) is 48.7 Å². The highest BCUT2D eigenvalue weighted by Crippen LogP contribution is 2.26. The summed E-state index contributed by atoms with van der Waals surface area (Å²) in [5.74, 6) is -0.369. The Kier molecular flexibility index (Phi) is 5.23. The van der Waals surface area contributed by atoms with Gasteiger partial charge in [-0.05, 0) is 36.4 Å². The number of rotatable bonds is 5. The summed E-state index contributed by atoms with van der Waals surface area (Å²) in [4.78, 5) is 15.9. The summed E-state index contributed by atoms with van der Waals surface area (Å²) in [6, 6.07) is 10.5. The zero-order valence-electron chi connectivity index (χ0n) is 13.5. The van der Waals surface area contributed by atoms with Gasteiger partial charge in [-0.1, -0.05) is 17.7 Å². The number of aromatic nitrogens is 3. The summed E-state index contributed by atoms with van der Waals surface area (Å²) >= 11 is 6.15. The molecule has 0 atom stereocenters. The molecule has 0 aliphatic carbocycles. The lowest BCUT2D eigenvalue weighted by atomic mass is 10.2. The van der Waals surface area contributed by atoms with Crippen LogP contribution in [-0.4, -0.2) is 28.3 Å². The lowest BCUT2D eigenvalue weighted by molar-refractivity contribution is 0.0601. The topological polar surface area (TPSA) is 89.0 Å². The number of nitrogens with one attached hydrogen (secondary N) is 2. The van der Waals surface area contributed by atoms with Gasteiger partial charge in [-0.15, -0.1) is 5.10 Å². The highest BCUT2D eigenvalue weighted by atomic mass is 35.5. The second-order valence-corrected chi connectivity index (χ2v) is 5.52. The van der Waals surface area contributed by atoms with E-state index in [2.05, 4.69) is 30.6 Å². The van der Waals surface area contributed by atoms with Gasteiger partial charge in [0.2, 0.25) is 5.95 Å². The molecule has 2 aromatic carbocycles. The average Bonchev–Trinajstić information content (AvgIpc) is 2.63. The maximum atomic E-state index is 13.3. The quantitative estimate of drug-likeness (QED) is 0.655. The molecule has 0 saturated heterocycles. The first-order chi connectivity index (χ1) is 12.5. The van der Waals surface area contributed by atoms with Gasteiger partial charge < -0.3 is 15.4 Å². The SMILES string of the molecule is COC(=O)c1ccc(Cl)c(Nc2cnnc(Nc3cccc(F)c3)n2)c1. The normalized spacial score (nSPS) is 10.3. The van der Waals surface area contributed by atoms with Gasteiger partial charge in [0.15, 0.2) is 5.82 Å². The summed E-state index contributed by atoms with van der Waals surface area (Å²) in [5.41, 5.74) is 1.26. The molecule has 0 aliphatic rings. The molecule has 2 N–H and O–H groups in total. The van der Waals surface area contributed by atoms with Crippen LogP contribution in [0.25, 0.3) is 0 Å². The standard InChI is InChI=1S/C17H13ClFN5O2/c1-26-16(25)10-5-6-13(18)14(7-10)22-15-9-20-24-17(23-15)21-12-4-2-3-11(19)8-12/h2-9H,1H3,(H2,21,22,23,24). The third-order valence-corrected chi connectivity index (χ3v) is 3.62. The summed E-state index contributed by atoms with van der Waals surface area (Å²) < 4.78 is 17.9. The molecule has 26 heavy (non-hydrogen) atoms. The highest BCUT2D eigenvalue weighted by Gasteiger charge is 2.10. The third kappa shape index (κ3) is 4.22. The summed E-state index contributed by atoms with van der Waals surface area (Å²) in [6.07, 6.45) is 1.39. The Labute approximate surface area is 153 Å². The molecule has 1 aromatic heterocycles. The Hall–Kier alpha value is -3.26. The number of carbonyl (C=O) groups excluding carboxylic acids is 1. The summed E-state index contributed by atoms with van der Waals surface area (Å²) in [7, 11) is 1.29. The van der Waals surface area contributed by atoms with Crippen LogP contribution in [0.4, 0.5) is 27.5 Å². The van der Waals surface area contributed by atoms with Crippen LogP contribution in [0.3, 0.4) is 0 Å². The van der Waals surface area contributed by atoms with Crippen molar-refractivity contribution in [1.29, 1.82) is 0 Å². The predicted molar refractivity (Wildman–Crippen MR) is 95.6 cm³/mol. The minimum Gasteiger partial charge on any atom is -0.465 e. The molecule has 9 heteroatoms. The van der Waals surface area contributed by atoms with E-state index in [-0.39, 0.29) is 11.8 Å². The molecule has 3 rings (SSSR count). The van der Waals surface area contributed by atoms with Crippen LogP contribution in [0.5, 0.6) is 0 Å². The van der Waals surface area contributed by atoms with Crippen molar-refractivity contribution in [3.05, 3.63) is 65.1 Å². The second-order valence-electron chi connectivity index (χ2n) is 5.11. The van der Waals surface area contributed by atoms with Gasteiger partial charge in [0.05, 0.1) is 29.6 Å². The number of ether oxygens (including phenoxy) is 1. The van der Waals surface area contributed by atoms with E-state index in [1.54, 1.807) is 24.3 Å². The molecule has 0 bridgehead atoms. The van der Waals surface area contributed by atoms with Crippen molar-refractivity contribution in [2.45, 2.75) is 0 Å². The second kappa shape index (κ2) is 7.75. The largest absolute Gasteiger partial charge is 0.465 e. The van der Waals surface area contributed by atoms with Gasteiger partial charge in [-0.25, -0.2) is 9.18 Å². The highest BCUT2D eigenvalue weighted by molar-refractivity contribution is 6.33. The van der Waals surface area contributed by atoms with E-state index in [9.17, 15) is 9.18 Å². The number of hydrogen-bond donors (Lipinski definition) is 2. The zero-order chi connectivity index (χ0) is 18.5.